The molecule has 232 valence electrons. The number of nitriles is 1. The zero-order valence-electron chi connectivity index (χ0n) is 27.0. The monoisotopic (exact) mass is 652 g/mol. The van der Waals surface area contributed by atoms with Gasteiger partial charge < -0.3 is 4.57 Å². The van der Waals surface area contributed by atoms with Crippen molar-refractivity contribution in [1.82, 2.24) is 4.57 Å². The maximum atomic E-state index is 9.79. The van der Waals surface area contributed by atoms with Crippen LogP contribution in [0.1, 0.15) is 5.56 Å². The number of hydrogen-bond acceptors (Lipinski definition) is 1. The van der Waals surface area contributed by atoms with E-state index in [2.05, 4.69) is 130 Å². The van der Waals surface area contributed by atoms with Crippen molar-refractivity contribution in [2.45, 2.75) is 0 Å². The molecule has 8 aromatic rings. The maximum absolute atomic E-state index is 9.79. The molecule has 1 heterocycles. The van der Waals surface area contributed by atoms with E-state index in [1.54, 1.807) is 0 Å². The minimum atomic E-state index is -3.07. The van der Waals surface area contributed by atoms with Gasteiger partial charge in [-0.1, -0.05) is 140 Å². The highest BCUT2D eigenvalue weighted by Gasteiger charge is 2.43. The zero-order chi connectivity index (χ0) is 34.1. The molecule has 0 saturated carbocycles. The van der Waals surface area contributed by atoms with Crippen molar-refractivity contribution in [3.8, 4) is 22.9 Å². The third-order valence-electron chi connectivity index (χ3n) is 9.61. The molecule has 0 fully saturated rings. The number of fused-ring (bicyclic) bond motifs is 3. The molecule has 0 aliphatic heterocycles. The van der Waals surface area contributed by atoms with Crippen LogP contribution >= 0.6 is 0 Å². The van der Waals surface area contributed by atoms with E-state index in [4.69, 9.17) is 13.1 Å². The summed E-state index contributed by atoms with van der Waals surface area (Å²) in [5.41, 5.74) is 6.05. The third kappa shape index (κ3) is 4.72. The van der Waals surface area contributed by atoms with Gasteiger partial charge in [0.2, 0.25) is 0 Å². The first-order chi connectivity index (χ1) is 24.7. The summed E-state index contributed by atoms with van der Waals surface area (Å²) in [5, 5.41) is 16.5. The predicted octanol–water partition coefficient (Wildman–Crippen LogP) is 8.80. The lowest BCUT2D eigenvalue weighted by molar-refractivity contribution is 1.18. The van der Waals surface area contributed by atoms with Crippen molar-refractivity contribution in [2.75, 3.05) is 0 Å². The molecular weight excluding hydrogens is 625 g/mol. The average Bonchev–Trinajstić information content (AvgIpc) is 3.52. The summed E-state index contributed by atoms with van der Waals surface area (Å²) in [4.78, 5) is 8.04. The maximum Gasteiger partial charge on any atom is 0.194 e. The van der Waals surface area contributed by atoms with Crippen LogP contribution in [-0.4, -0.2) is 12.6 Å². The highest BCUT2D eigenvalue weighted by atomic mass is 28.3. The number of hydrogen-bond donors (Lipinski definition) is 0. The number of aromatic nitrogens is 1. The minimum Gasteiger partial charge on any atom is -0.310 e. The van der Waals surface area contributed by atoms with Crippen LogP contribution in [0.3, 0.4) is 0 Å². The van der Waals surface area contributed by atoms with Gasteiger partial charge in [-0.15, -0.1) is 0 Å². The van der Waals surface area contributed by atoms with Gasteiger partial charge in [-0.25, -0.2) is 9.69 Å². The molecule has 7 aromatic carbocycles. The van der Waals surface area contributed by atoms with Crippen LogP contribution in [0.4, 0.5) is 11.4 Å². The quantitative estimate of drug-likeness (QED) is 0.101. The Hall–Kier alpha value is -6.97. The lowest BCUT2D eigenvalue weighted by Crippen LogP contribution is -2.75. The molecular formula is C45H28N4Si. The van der Waals surface area contributed by atoms with Gasteiger partial charge in [0.1, 0.15) is 0 Å². The van der Waals surface area contributed by atoms with Crippen LogP contribution in [-0.2, 0) is 0 Å². The summed E-state index contributed by atoms with van der Waals surface area (Å²) >= 11 is 0. The van der Waals surface area contributed by atoms with Crippen molar-refractivity contribution in [3.63, 3.8) is 0 Å². The molecule has 0 radical (unpaired) electrons. The number of para-hydroxylation sites is 1. The fourth-order valence-corrected chi connectivity index (χ4v) is 12.5. The van der Waals surface area contributed by atoms with Gasteiger partial charge >= 0.3 is 0 Å². The zero-order valence-corrected chi connectivity index (χ0v) is 28.0. The first kappa shape index (κ1) is 30.4. The number of nitrogens with zero attached hydrogens (tertiary/aromatic N) is 4. The summed E-state index contributed by atoms with van der Waals surface area (Å²) < 4.78 is 2.19. The molecule has 0 saturated heterocycles. The van der Waals surface area contributed by atoms with Crippen LogP contribution in [0.5, 0.6) is 0 Å². The third-order valence-corrected chi connectivity index (χ3v) is 14.4. The Morgan fingerprint density at radius 2 is 1.14 bits per heavy atom. The molecule has 0 aliphatic rings. The van der Waals surface area contributed by atoms with E-state index in [1.165, 1.54) is 15.6 Å². The lowest BCUT2D eigenvalue weighted by Gasteiger charge is -2.36. The number of rotatable bonds is 6. The van der Waals surface area contributed by atoms with E-state index in [9.17, 15) is 5.26 Å². The molecule has 5 heteroatoms. The molecule has 0 aliphatic carbocycles. The van der Waals surface area contributed by atoms with E-state index in [0.29, 0.717) is 16.9 Å². The first-order valence-electron chi connectivity index (χ1n) is 16.3. The molecule has 0 spiro atoms. The van der Waals surface area contributed by atoms with Crippen molar-refractivity contribution in [3.05, 3.63) is 198 Å². The highest BCUT2D eigenvalue weighted by molar-refractivity contribution is 7.20. The Labute approximate surface area is 292 Å². The Bertz CT molecular complexity index is 2580. The molecule has 50 heavy (non-hydrogen) atoms. The van der Waals surface area contributed by atoms with Gasteiger partial charge in [0.15, 0.2) is 19.4 Å². The van der Waals surface area contributed by atoms with E-state index < -0.39 is 8.07 Å². The Morgan fingerprint density at radius 1 is 0.540 bits per heavy atom. The SMILES string of the molecule is [C-]#[N+]c1ccc(-c2c([N+]#[C-])cccc2[Si](c2ccccc2)(c2ccccc2)c2ccccc2)c(-n2c3ccccc3c3cc(C#N)ccc32)c1. The Kier molecular flexibility index (Phi) is 7.63. The number of benzene rings is 7. The summed E-state index contributed by atoms with van der Waals surface area (Å²) in [7, 11) is -3.07. The van der Waals surface area contributed by atoms with Crippen molar-refractivity contribution < 1.29 is 0 Å². The predicted molar refractivity (Wildman–Crippen MR) is 207 cm³/mol. The van der Waals surface area contributed by atoms with Gasteiger partial charge in [-0.2, -0.15) is 5.26 Å². The molecule has 0 unspecified atom stereocenters. The second-order valence-electron chi connectivity index (χ2n) is 12.2. The summed E-state index contributed by atoms with van der Waals surface area (Å²) in [6.07, 6.45) is 0. The van der Waals surface area contributed by atoms with Crippen LogP contribution in [0.25, 0.3) is 48.3 Å². The smallest absolute Gasteiger partial charge is 0.194 e. The van der Waals surface area contributed by atoms with Gasteiger partial charge in [-0.05, 0) is 62.2 Å². The standard InChI is InChI=1S/C45H28N4Si/c1-47-33-26-27-38(43(30-33)49-41-23-13-12-21-37(41)39-29-32(31-46)25-28-42(39)49)45-40(48-2)22-14-24-44(45)50(34-15-6-3-7-16-34,35-17-8-4-9-18-35)36-19-10-5-11-20-36/h3-30H. The van der Waals surface area contributed by atoms with Crippen LogP contribution < -0.4 is 20.7 Å². The fraction of sp³-hybridized carbons (Fsp3) is 0. The topological polar surface area (TPSA) is 37.4 Å². The largest absolute Gasteiger partial charge is 0.310 e. The average molecular weight is 653 g/mol. The van der Waals surface area contributed by atoms with Crippen LogP contribution in [0.15, 0.2) is 170 Å². The van der Waals surface area contributed by atoms with E-state index in [-0.39, 0.29) is 0 Å². The molecule has 8 rings (SSSR count). The molecule has 0 amide bonds. The Morgan fingerprint density at radius 3 is 1.74 bits per heavy atom. The summed E-state index contributed by atoms with van der Waals surface area (Å²) in [6.45, 7) is 16.5. The van der Waals surface area contributed by atoms with Crippen molar-refractivity contribution in [2.24, 2.45) is 0 Å². The summed E-state index contributed by atoms with van der Waals surface area (Å²) in [5.74, 6) is 0. The molecule has 1 aromatic heterocycles. The van der Waals surface area contributed by atoms with Crippen LogP contribution in [0, 0.1) is 24.5 Å². The molecule has 0 bridgehead atoms. The molecule has 4 nitrogen and oxygen atoms in total. The normalized spacial score (nSPS) is 11.1. The summed E-state index contributed by atoms with van der Waals surface area (Å²) in [6, 6.07) is 60.3. The Balaban J connectivity index is 1.56. The van der Waals surface area contributed by atoms with Crippen molar-refractivity contribution >= 4 is 62.0 Å². The minimum absolute atomic E-state index is 0.503. The van der Waals surface area contributed by atoms with Gasteiger partial charge in [0.05, 0.1) is 35.8 Å². The lowest BCUT2D eigenvalue weighted by atomic mass is 10.0. The highest BCUT2D eigenvalue weighted by Crippen LogP contribution is 2.41. The molecule has 0 N–H and O–H groups in total. The second kappa shape index (κ2) is 12.6. The van der Waals surface area contributed by atoms with Crippen molar-refractivity contribution in [1.29, 1.82) is 5.26 Å². The fourth-order valence-electron chi connectivity index (χ4n) is 7.55. The van der Waals surface area contributed by atoms with Gasteiger partial charge in [0, 0.05) is 16.5 Å². The van der Waals surface area contributed by atoms with Gasteiger partial charge in [0.25, 0.3) is 0 Å². The van der Waals surface area contributed by atoms with Gasteiger partial charge in [-0.3, -0.25) is 0 Å². The first-order valence-corrected chi connectivity index (χ1v) is 18.3. The van der Waals surface area contributed by atoms with E-state index >= 15 is 0 Å². The van der Waals surface area contributed by atoms with E-state index in [1.807, 2.05) is 60.7 Å². The molecule has 0 atom stereocenters. The van der Waals surface area contributed by atoms with Crippen LogP contribution in [0.2, 0.25) is 0 Å². The second-order valence-corrected chi connectivity index (χ2v) is 15.9. The van der Waals surface area contributed by atoms with E-state index in [0.717, 1.165) is 43.8 Å².